The standard InChI is InChI=1S/C14H22N4O3/c1-10-8-18(9-11(2)21-10)14(20)13(6-15)7-16-4-5-17-12(3)19/h7,10-11,16H,4-5,8-9H2,1-3H3,(H,17,19)/b13-7-. The molecule has 7 nitrogen and oxygen atoms in total. The molecular weight excluding hydrogens is 272 g/mol. The Morgan fingerprint density at radius 3 is 2.48 bits per heavy atom. The number of carbonyl (C=O) groups is 2. The summed E-state index contributed by atoms with van der Waals surface area (Å²) < 4.78 is 5.56. The van der Waals surface area contributed by atoms with Crippen molar-refractivity contribution in [3.05, 3.63) is 11.8 Å². The highest BCUT2D eigenvalue weighted by Crippen LogP contribution is 2.13. The second kappa shape index (κ2) is 8.27. The maximum absolute atomic E-state index is 12.3. The van der Waals surface area contributed by atoms with Crippen molar-refractivity contribution < 1.29 is 14.3 Å². The van der Waals surface area contributed by atoms with Gasteiger partial charge in [0, 0.05) is 39.3 Å². The van der Waals surface area contributed by atoms with E-state index >= 15 is 0 Å². The summed E-state index contributed by atoms with van der Waals surface area (Å²) in [6, 6.07) is 1.91. The number of hydrogen-bond acceptors (Lipinski definition) is 5. The smallest absolute Gasteiger partial charge is 0.266 e. The highest BCUT2D eigenvalue weighted by Gasteiger charge is 2.27. The van der Waals surface area contributed by atoms with Gasteiger partial charge in [0.25, 0.3) is 5.91 Å². The van der Waals surface area contributed by atoms with Gasteiger partial charge in [-0.25, -0.2) is 0 Å². The van der Waals surface area contributed by atoms with Crippen LogP contribution in [0.5, 0.6) is 0 Å². The van der Waals surface area contributed by atoms with Crippen LogP contribution in [-0.2, 0) is 14.3 Å². The Balaban J connectivity index is 2.52. The van der Waals surface area contributed by atoms with Crippen molar-refractivity contribution in [1.82, 2.24) is 15.5 Å². The minimum atomic E-state index is -0.300. The molecule has 1 aliphatic rings. The quantitative estimate of drug-likeness (QED) is 0.414. The van der Waals surface area contributed by atoms with Crippen LogP contribution < -0.4 is 10.6 Å². The molecule has 2 atom stereocenters. The van der Waals surface area contributed by atoms with E-state index in [1.807, 2.05) is 19.9 Å². The van der Waals surface area contributed by atoms with Gasteiger partial charge in [0.15, 0.2) is 0 Å². The van der Waals surface area contributed by atoms with E-state index < -0.39 is 0 Å². The number of hydrogen-bond donors (Lipinski definition) is 2. The molecule has 0 spiro atoms. The Labute approximate surface area is 124 Å². The molecule has 2 N–H and O–H groups in total. The Hall–Kier alpha value is -2.07. The normalized spacial score (nSPS) is 22.4. The van der Waals surface area contributed by atoms with Crippen LogP contribution in [0.25, 0.3) is 0 Å². The first-order valence-electron chi connectivity index (χ1n) is 6.96. The predicted octanol–water partition coefficient (Wildman–Crippen LogP) is -0.245. The van der Waals surface area contributed by atoms with E-state index in [-0.39, 0.29) is 29.6 Å². The molecule has 1 fully saturated rings. The van der Waals surface area contributed by atoms with E-state index in [0.717, 1.165) is 0 Å². The molecule has 0 aromatic rings. The van der Waals surface area contributed by atoms with E-state index in [0.29, 0.717) is 26.2 Å². The van der Waals surface area contributed by atoms with Gasteiger partial charge < -0.3 is 20.3 Å². The number of nitrogens with one attached hydrogen (secondary N) is 2. The predicted molar refractivity (Wildman–Crippen MR) is 77.0 cm³/mol. The Morgan fingerprint density at radius 2 is 1.95 bits per heavy atom. The third-order valence-electron chi connectivity index (χ3n) is 2.95. The van der Waals surface area contributed by atoms with Crippen molar-refractivity contribution in [2.75, 3.05) is 26.2 Å². The average Bonchev–Trinajstić information content (AvgIpc) is 2.40. The van der Waals surface area contributed by atoms with Crippen molar-refractivity contribution in [3.8, 4) is 6.07 Å². The van der Waals surface area contributed by atoms with Crippen molar-refractivity contribution in [2.24, 2.45) is 0 Å². The summed E-state index contributed by atoms with van der Waals surface area (Å²) in [6.07, 6.45) is 1.32. The number of rotatable bonds is 5. The molecule has 2 unspecified atom stereocenters. The van der Waals surface area contributed by atoms with E-state index in [1.54, 1.807) is 4.90 Å². The maximum atomic E-state index is 12.3. The highest BCUT2D eigenvalue weighted by molar-refractivity contribution is 5.97. The third-order valence-corrected chi connectivity index (χ3v) is 2.95. The fourth-order valence-electron chi connectivity index (χ4n) is 2.14. The largest absolute Gasteiger partial charge is 0.388 e. The molecule has 1 aliphatic heterocycles. The van der Waals surface area contributed by atoms with Gasteiger partial charge in [-0.3, -0.25) is 9.59 Å². The number of nitrogens with zero attached hydrogens (tertiary/aromatic N) is 2. The Kier molecular flexibility index (Phi) is 6.69. The zero-order valence-corrected chi connectivity index (χ0v) is 12.7. The zero-order chi connectivity index (χ0) is 15.8. The number of amides is 2. The van der Waals surface area contributed by atoms with Crippen LogP contribution in [0.15, 0.2) is 11.8 Å². The fraction of sp³-hybridized carbons (Fsp3) is 0.643. The van der Waals surface area contributed by atoms with Gasteiger partial charge in [0.2, 0.25) is 5.91 Å². The molecule has 1 saturated heterocycles. The van der Waals surface area contributed by atoms with Crippen molar-refractivity contribution >= 4 is 11.8 Å². The number of morpholine rings is 1. The second-order valence-corrected chi connectivity index (χ2v) is 5.07. The SMILES string of the molecule is CC(=O)NCCN/C=C(/C#N)C(=O)N1CC(C)OC(C)C1. The summed E-state index contributed by atoms with van der Waals surface area (Å²) in [5.41, 5.74) is 0.0547. The minimum absolute atomic E-state index is 0.0367. The lowest BCUT2D eigenvalue weighted by molar-refractivity contribution is -0.138. The summed E-state index contributed by atoms with van der Waals surface area (Å²) in [6.45, 7) is 7.08. The van der Waals surface area contributed by atoms with Crippen molar-refractivity contribution in [1.29, 1.82) is 5.26 Å². The van der Waals surface area contributed by atoms with E-state index in [2.05, 4.69) is 10.6 Å². The van der Waals surface area contributed by atoms with Gasteiger partial charge >= 0.3 is 0 Å². The third kappa shape index (κ3) is 5.83. The first-order chi connectivity index (χ1) is 9.93. The molecule has 0 radical (unpaired) electrons. The van der Waals surface area contributed by atoms with Crippen molar-refractivity contribution in [2.45, 2.75) is 33.0 Å². The molecule has 0 aromatic heterocycles. The zero-order valence-electron chi connectivity index (χ0n) is 12.7. The maximum Gasteiger partial charge on any atom is 0.266 e. The van der Waals surface area contributed by atoms with Gasteiger partial charge in [0.1, 0.15) is 11.6 Å². The lowest BCUT2D eigenvalue weighted by Crippen LogP contribution is -2.48. The average molecular weight is 294 g/mol. The van der Waals surface area contributed by atoms with E-state index in [9.17, 15) is 9.59 Å². The van der Waals surface area contributed by atoms with Crippen LogP contribution in [0.1, 0.15) is 20.8 Å². The van der Waals surface area contributed by atoms with Crippen LogP contribution in [-0.4, -0.2) is 55.1 Å². The Bertz CT molecular complexity index is 446. The molecule has 0 saturated carbocycles. The monoisotopic (exact) mass is 294 g/mol. The lowest BCUT2D eigenvalue weighted by atomic mass is 10.2. The van der Waals surface area contributed by atoms with Crippen LogP contribution in [0.3, 0.4) is 0 Å². The summed E-state index contributed by atoms with van der Waals surface area (Å²) in [5, 5.41) is 14.6. The van der Waals surface area contributed by atoms with Crippen molar-refractivity contribution in [3.63, 3.8) is 0 Å². The number of carbonyl (C=O) groups excluding carboxylic acids is 2. The van der Waals surface area contributed by atoms with Gasteiger partial charge in [-0.05, 0) is 13.8 Å². The van der Waals surface area contributed by atoms with E-state index in [4.69, 9.17) is 10.00 Å². The first-order valence-corrected chi connectivity index (χ1v) is 6.96. The second-order valence-electron chi connectivity index (χ2n) is 5.07. The molecule has 21 heavy (non-hydrogen) atoms. The van der Waals surface area contributed by atoms with Gasteiger partial charge in [0.05, 0.1) is 12.2 Å². The van der Waals surface area contributed by atoms with Crippen LogP contribution in [0.4, 0.5) is 0 Å². The molecule has 0 bridgehead atoms. The number of ether oxygens (including phenoxy) is 1. The highest BCUT2D eigenvalue weighted by atomic mass is 16.5. The molecular formula is C14H22N4O3. The van der Waals surface area contributed by atoms with Gasteiger partial charge in [-0.1, -0.05) is 0 Å². The lowest BCUT2D eigenvalue weighted by Gasteiger charge is -2.35. The van der Waals surface area contributed by atoms with Gasteiger partial charge in [-0.2, -0.15) is 5.26 Å². The topological polar surface area (TPSA) is 94.5 Å². The summed E-state index contributed by atoms with van der Waals surface area (Å²) in [4.78, 5) is 24.6. The molecule has 0 aromatic carbocycles. The summed E-state index contributed by atoms with van der Waals surface area (Å²) in [7, 11) is 0. The van der Waals surface area contributed by atoms with Crippen LogP contribution in [0.2, 0.25) is 0 Å². The van der Waals surface area contributed by atoms with Crippen LogP contribution in [0, 0.1) is 11.3 Å². The van der Waals surface area contributed by atoms with E-state index in [1.165, 1.54) is 13.1 Å². The summed E-state index contributed by atoms with van der Waals surface area (Å²) in [5.74, 6) is -0.416. The number of nitriles is 1. The van der Waals surface area contributed by atoms with Gasteiger partial charge in [-0.15, -0.1) is 0 Å². The summed E-state index contributed by atoms with van der Waals surface area (Å²) >= 11 is 0. The minimum Gasteiger partial charge on any atom is -0.388 e. The first kappa shape index (κ1) is 17.0. The molecule has 116 valence electrons. The molecule has 1 rings (SSSR count). The molecule has 2 amide bonds. The molecule has 1 heterocycles. The molecule has 0 aliphatic carbocycles. The fourth-order valence-corrected chi connectivity index (χ4v) is 2.14. The Morgan fingerprint density at radius 1 is 1.33 bits per heavy atom. The van der Waals surface area contributed by atoms with Crippen LogP contribution >= 0.6 is 0 Å². The molecule has 7 heteroatoms.